The minimum Gasteiger partial charge on any atom is -0.481 e. The largest absolute Gasteiger partial charge is 0.481 e. The summed E-state index contributed by atoms with van der Waals surface area (Å²) in [6.45, 7) is -2.29. The van der Waals surface area contributed by atoms with Crippen LogP contribution in [-0.4, -0.2) is 217 Å². The summed E-state index contributed by atoms with van der Waals surface area (Å²) < 4.78 is 4.33. The van der Waals surface area contributed by atoms with Crippen LogP contribution in [-0.2, 0) is 63.2 Å². The van der Waals surface area contributed by atoms with E-state index >= 15 is 0 Å². The molecule has 1 radical (unpaired) electrons. The molecule has 451 valence electrons. The number of amides is 5. The van der Waals surface area contributed by atoms with Crippen molar-refractivity contribution in [3.05, 3.63) is 23.9 Å². The summed E-state index contributed by atoms with van der Waals surface area (Å²) >= 11 is 0. The molecule has 0 bridgehead atoms. The van der Waals surface area contributed by atoms with Crippen molar-refractivity contribution in [3.63, 3.8) is 0 Å². The van der Waals surface area contributed by atoms with E-state index in [9.17, 15) is 58.2 Å². The van der Waals surface area contributed by atoms with Crippen LogP contribution in [0, 0.1) is 10.9 Å². The fourth-order valence-electron chi connectivity index (χ4n) is 6.35. The average molecular weight is 1220 g/mol. The van der Waals surface area contributed by atoms with Gasteiger partial charge in [-0.3, -0.25) is 34.1 Å². The molecular formula is C46H78N10O22Tc. The molecule has 0 spiro atoms. The summed E-state index contributed by atoms with van der Waals surface area (Å²) in [6, 6.07) is -4.38. The van der Waals surface area contributed by atoms with Crippen LogP contribution in [0.15, 0.2) is 23.4 Å². The summed E-state index contributed by atoms with van der Waals surface area (Å²) in [7, 11) is 1.24. The molecule has 0 saturated carbocycles. The number of urea groups is 1. The average Bonchev–Trinajstić information content (AvgIpc) is 3.41. The number of pyridine rings is 1. The number of carbonyl (C=O) groups is 10. The van der Waals surface area contributed by atoms with Crippen molar-refractivity contribution < 1.29 is 129 Å². The molecule has 32 nitrogen and oxygen atoms in total. The Labute approximate surface area is 467 Å². The zero-order chi connectivity index (χ0) is 59.6. The number of unbranched alkanes of at least 4 members (excludes halogenated alkanes) is 6. The molecular weight excluding hydrogens is 1140 g/mol. The number of carboxylic acids is 5. The molecule has 79 heavy (non-hydrogen) atoms. The number of esters is 1. The van der Waals surface area contributed by atoms with E-state index in [4.69, 9.17) is 57.2 Å². The third kappa shape index (κ3) is 35.7. The number of carbonyl (C=O) groups excluding carboxylic acids is 5. The molecule has 33 heteroatoms. The number of rotatable bonds is 40. The Morgan fingerprint density at radius 2 is 1.11 bits per heavy atom. The molecule has 0 saturated heterocycles. The van der Waals surface area contributed by atoms with E-state index < -0.39 is 122 Å². The van der Waals surface area contributed by atoms with Gasteiger partial charge in [-0.1, -0.05) is 19.3 Å². The molecule has 1 heterocycles. The third-order valence-corrected chi connectivity index (χ3v) is 11.3. The molecule has 0 aliphatic rings. The molecule has 0 aliphatic heterocycles. The second-order valence-electron chi connectivity index (χ2n) is 17.3. The summed E-state index contributed by atoms with van der Waals surface area (Å²) in [5.41, 5.74) is 10.6. The monoisotopic (exact) mass is 1220 g/mol. The third-order valence-electron chi connectivity index (χ3n) is 11.3. The van der Waals surface area contributed by atoms with Gasteiger partial charge in [-0.05, 0) is 69.9 Å². The molecule has 3 unspecified atom stereocenters. The van der Waals surface area contributed by atoms with Gasteiger partial charge in [0.2, 0.25) is 11.8 Å². The number of nitrogens with two attached hydrogens (primary N) is 1. The van der Waals surface area contributed by atoms with Gasteiger partial charge in [-0.15, -0.1) is 5.11 Å². The topological polar surface area (TPSA) is 550 Å². The fourth-order valence-corrected chi connectivity index (χ4v) is 6.35. The minimum atomic E-state index is -1.55. The van der Waals surface area contributed by atoms with Gasteiger partial charge in [0.05, 0.1) is 69.8 Å². The number of aliphatic carboxylic acids is 5. The van der Waals surface area contributed by atoms with Crippen molar-refractivity contribution in [2.45, 2.75) is 133 Å². The smallest absolute Gasteiger partial charge is 0.326 e. The summed E-state index contributed by atoms with van der Waals surface area (Å²) in [5.74, 6) is -7.81. The molecule has 0 aliphatic carbocycles. The van der Waals surface area contributed by atoms with Gasteiger partial charge in [0, 0.05) is 58.7 Å². The van der Waals surface area contributed by atoms with Crippen LogP contribution in [0.3, 0.4) is 0 Å². The van der Waals surface area contributed by atoms with Gasteiger partial charge in [0.1, 0.15) is 24.2 Å². The summed E-state index contributed by atoms with van der Waals surface area (Å²) in [4.78, 5) is 118. The van der Waals surface area contributed by atoms with Crippen LogP contribution < -0.4 is 37.6 Å². The number of aliphatic hydroxyl groups excluding tert-OH is 6. The minimum absolute atomic E-state index is 0. The van der Waals surface area contributed by atoms with Crippen molar-refractivity contribution in [2.24, 2.45) is 16.3 Å². The van der Waals surface area contributed by atoms with Gasteiger partial charge in [-0.2, -0.15) is 0 Å². The van der Waals surface area contributed by atoms with Crippen LogP contribution >= 0.6 is 0 Å². The van der Waals surface area contributed by atoms with E-state index in [0.717, 1.165) is 19.3 Å². The fraction of sp³-hybridized carbons (Fsp3) is 0.674. The molecule has 1 rings (SSSR count). The van der Waals surface area contributed by atoms with Crippen molar-refractivity contribution in [1.29, 1.82) is 5.53 Å². The Morgan fingerprint density at radius 3 is 1.48 bits per heavy atom. The zero-order valence-corrected chi connectivity index (χ0v) is 45.6. The van der Waals surface area contributed by atoms with Crippen molar-refractivity contribution in [3.8, 4) is 0 Å². The standard InChI is InChI=1S/C33H50N8O12.C7H15NO5.C6H13NO5.Tc/c34-41-25-16-14-21(20-37-25)29(46)38-22(30(47)48)10-6-8-18-35-26(42)12-4-2-1-3-5-13-27(43)36-19-9-7-11-23(31(49)50)39-33(53)40-24(32(51)52)15-17-28(44)45;1-13-7(12)2-8-5(3-9)6(11)4-10;7-4(5(11)12)6(1-8,2-9)3-10;/h14,16,20,22-24,34H,1-13,15,17-19H2,(H,35,42)(H,36,43)(H,38,46)(H,44,45)(H,47,48)(H,49,50)(H,51,52)(H2,39,40,53);5-6,8-11H,2-4H2,1H3;4,8-10H,1-3,7H2,(H,11,12);/t22-,23-,24-;;;/m0.../s1/i;;;1+1. The summed E-state index contributed by atoms with van der Waals surface area (Å²) in [6.07, 6.45) is 5.67. The second-order valence-corrected chi connectivity index (χ2v) is 17.3. The molecule has 1 aromatic heterocycles. The molecule has 20 N–H and O–H groups in total. The Morgan fingerprint density at radius 1 is 0.646 bits per heavy atom. The quantitative estimate of drug-likeness (QED) is 0.0178. The Bertz CT molecular complexity index is 2000. The van der Waals surface area contributed by atoms with Crippen LogP contribution in [0.4, 0.5) is 10.6 Å². The molecule has 0 aromatic carbocycles. The number of aliphatic hydroxyl groups is 6. The predicted octanol–water partition coefficient (Wildman–Crippen LogP) is -2.88. The number of nitrogens with one attached hydrogen (secondary N) is 7. The Kier molecular flexibility index (Phi) is 44.2. The Hall–Kier alpha value is -6.42. The van der Waals surface area contributed by atoms with Crippen LogP contribution in [0.2, 0.25) is 0 Å². The number of hydrogen-bond donors (Lipinski definition) is 19. The number of aromatic nitrogens is 1. The van der Waals surface area contributed by atoms with Gasteiger partial charge < -0.3 is 93.2 Å². The first-order valence-corrected chi connectivity index (χ1v) is 24.6. The first-order valence-electron chi connectivity index (χ1n) is 24.6. The van der Waals surface area contributed by atoms with E-state index in [1.807, 2.05) is 0 Å². The van der Waals surface area contributed by atoms with Crippen molar-refractivity contribution in [2.75, 3.05) is 59.8 Å². The zero-order valence-electron chi connectivity index (χ0n) is 43.7. The van der Waals surface area contributed by atoms with E-state index in [2.05, 4.69) is 46.7 Å². The molecule has 6 atom stereocenters. The maximum absolute atomic E-state index is 12.3. The van der Waals surface area contributed by atoms with Gasteiger partial charge in [0.15, 0.2) is 5.82 Å². The van der Waals surface area contributed by atoms with Crippen molar-refractivity contribution in [1.82, 2.24) is 36.9 Å². The second kappa shape index (κ2) is 45.4. The number of nitrogens with zero attached hydrogens (tertiary/aromatic N) is 2. The number of hydrogen-bond acceptors (Lipinski definition) is 22. The predicted molar refractivity (Wildman–Crippen MR) is 269 cm³/mol. The number of ether oxygens (including phenoxy) is 1. The van der Waals surface area contributed by atoms with E-state index in [-0.39, 0.29) is 75.7 Å². The number of carboxylic acid groups (broad SMARTS) is 5. The van der Waals surface area contributed by atoms with Crippen molar-refractivity contribution >= 4 is 65.4 Å². The first kappa shape index (κ1) is 76.8. The van der Waals surface area contributed by atoms with Crippen LogP contribution in [0.1, 0.15) is 107 Å². The maximum atomic E-state index is 12.3. The SMILES string of the molecule is COC(=O)CNC(CO)C(O)CO.N=Nc1ccc(C(=O)N[C@@H](CCCCNC(=O)CCCCCCCC(=O)NCCCC[C@H](NC(=O)N[C@@H](CCC(=O)O)C(=O)O)C(=O)O)C(=O)O)cn1.NC(C(=O)O)C(CO)(CO)CO.[99Tc]. The maximum Gasteiger partial charge on any atom is 0.326 e. The van der Waals surface area contributed by atoms with Gasteiger partial charge in [0.25, 0.3) is 5.91 Å². The molecule has 0 fully saturated rings. The Balaban J connectivity index is -0.00000181. The van der Waals surface area contributed by atoms with Gasteiger partial charge >= 0.3 is 41.8 Å². The first-order chi connectivity index (χ1) is 36.9. The van der Waals surface area contributed by atoms with E-state index in [0.29, 0.717) is 64.5 Å². The normalized spacial score (nSPS) is 12.9. The van der Waals surface area contributed by atoms with E-state index in [1.165, 1.54) is 25.4 Å². The molecule has 5 amide bonds. The van der Waals surface area contributed by atoms with E-state index in [1.54, 1.807) is 0 Å². The van der Waals surface area contributed by atoms with Crippen LogP contribution in [0.5, 0.6) is 0 Å². The van der Waals surface area contributed by atoms with Crippen LogP contribution in [0.25, 0.3) is 0 Å². The number of methoxy groups -OCH3 is 1. The van der Waals surface area contributed by atoms with Gasteiger partial charge in [-0.25, -0.2) is 29.7 Å². The summed E-state index contributed by atoms with van der Waals surface area (Å²) in [5, 5.41) is 116. The molecule has 1 aromatic rings.